The van der Waals surface area contributed by atoms with Crippen molar-refractivity contribution in [3.05, 3.63) is 35.6 Å². The molecule has 0 saturated carbocycles. The molecule has 1 saturated heterocycles. The fraction of sp³-hybridized carbons (Fsp3) is 0.588. The second-order valence-corrected chi connectivity index (χ2v) is 6.75. The van der Waals surface area contributed by atoms with Crippen LogP contribution in [0.4, 0.5) is 4.39 Å². The Morgan fingerprint density at radius 3 is 2.95 bits per heavy atom. The first-order valence-corrected chi connectivity index (χ1v) is 8.89. The van der Waals surface area contributed by atoms with Crippen molar-refractivity contribution in [2.45, 2.75) is 44.9 Å². The zero-order chi connectivity index (χ0) is 15.2. The number of hydrogen-bond donors (Lipinski definition) is 0. The van der Waals surface area contributed by atoms with Gasteiger partial charge in [0.15, 0.2) is 0 Å². The Balaban J connectivity index is 2.12. The van der Waals surface area contributed by atoms with Crippen LogP contribution in [0.5, 0.6) is 0 Å². The number of unbranched alkanes of at least 4 members (excludes halogenated alkanes) is 1. The molecule has 4 heteroatoms. The highest BCUT2D eigenvalue weighted by atomic mass is 32.2. The number of amides is 1. The van der Waals surface area contributed by atoms with Gasteiger partial charge in [-0.15, -0.1) is 11.8 Å². The Labute approximate surface area is 131 Å². The van der Waals surface area contributed by atoms with Crippen molar-refractivity contribution in [1.29, 1.82) is 0 Å². The van der Waals surface area contributed by atoms with Crippen molar-refractivity contribution in [3.63, 3.8) is 0 Å². The topological polar surface area (TPSA) is 20.3 Å². The first-order valence-electron chi connectivity index (χ1n) is 7.84. The van der Waals surface area contributed by atoms with Crippen LogP contribution in [-0.2, 0) is 4.79 Å². The Hall–Kier alpha value is -1.03. The minimum atomic E-state index is -0.231. The Bertz CT molecular complexity index is 480. The summed E-state index contributed by atoms with van der Waals surface area (Å²) in [5.74, 6) is 1.05. The molecule has 2 atom stereocenters. The van der Waals surface area contributed by atoms with Gasteiger partial charge in [0.1, 0.15) is 11.2 Å². The van der Waals surface area contributed by atoms with Crippen molar-refractivity contribution in [1.82, 2.24) is 4.90 Å². The monoisotopic (exact) mass is 309 g/mol. The number of benzene rings is 1. The third-order valence-electron chi connectivity index (χ3n) is 4.06. The van der Waals surface area contributed by atoms with E-state index in [2.05, 4.69) is 13.8 Å². The molecule has 0 radical (unpaired) electrons. The van der Waals surface area contributed by atoms with Crippen LogP contribution in [0.15, 0.2) is 24.3 Å². The maximum absolute atomic E-state index is 13.4. The van der Waals surface area contributed by atoms with E-state index < -0.39 is 0 Å². The molecule has 1 aliphatic rings. The summed E-state index contributed by atoms with van der Waals surface area (Å²) >= 11 is 1.73. The molecular formula is C17H24FNOS. The highest BCUT2D eigenvalue weighted by Gasteiger charge is 2.33. The molecule has 1 aromatic rings. The molecule has 0 aromatic heterocycles. The van der Waals surface area contributed by atoms with E-state index in [0.29, 0.717) is 0 Å². The van der Waals surface area contributed by atoms with Crippen LogP contribution in [0.2, 0.25) is 0 Å². The van der Waals surface area contributed by atoms with Crippen LogP contribution in [0, 0.1) is 11.7 Å². The average Bonchev–Trinajstić information content (AvgIpc) is 2.97. The van der Waals surface area contributed by atoms with Crippen molar-refractivity contribution in [3.8, 4) is 0 Å². The van der Waals surface area contributed by atoms with Gasteiger partial charge in [-0.25, -0.2) is 4.39 Å². The largest absolute Gasteiger partial charge is 0.325 e. The number of carbonyl (C=O) groups excluding carboxylic acids is 1. The maximum atomic E-state index is 13.4. The minimum Gasteiger partial charge on any atom is -0.325 e. The van der Waals surface area contributed by atoms with Gasteiger partial charge in [-0.2, -0.15) is 0 Å². The van der Waals surface area contributed by atoms with E-state index in [1.807, 2.05) is 11.0 Å². The molecule has 2 rings (SSSR count). The van der Waals surface area contributed by atoms with Gasteiger partial charge in [0, 0.05) is 18.2 Å². The first kappa shape index (κ1) is 16.3. The fourth-order valence-corrected chi connectivity index (χ4v) is 4.07. The minimum absolute atomic E-state index is 0.0242. The number of carbonyl (C=O) groups is 1. The van der Waals surface area contributed by atoms with Crippen LogP contribution in [-0.4, -0.2) is 23.1 Å². The van der Waals surface area contributed by atoms with Gasteiger partial charge < -0.3 is 4.90 Å². The summed E-state index contributed by atoms with van der Waals surface area (Å²) in [4.78, 5) is 14.7. The number of rotatable bonds is 6. The molecular weight excluding hydrogens is 285 g/mol. The summed E-state index contributed by atoms with van der Waals surface area (Å²) in [6.07, 6.45) is 4.06. The van der Waals surface area contributed by atoms with E-state index >= 15 is 0 Å². The van der Waals surface area contributed by atoms with Crippen molar-refractivity contribution >= 4 is 17.7 Å². The predicted octanol–water partition coefficient (Wildman–Crippen LogP) is 4.62. The molecule has 1 aromatic carbocycles. The third kappa shape index (κ3) is 4.00. The zero-order valence-corrected chi connectivity index (χ0v) is 13.7. The second kappa shape index (κ2) is 7.83. The average molecular weight is 309 g/mol. The molecule has 0 spiro atoms. The molecule has 1 amide bonds. The van der Waals surface area contributed by atoms with Crippen LogP contribution < -0.4 is 0 Å². The van der Waals surface area contributed by atoms with Crippen LogP contribution >= 0.6 is 11.8 Å². The van der Waals surface area contributed by atoms with E-state index in [1.165, 1.54) is 6.07 Å². The molecule has 0 N–H and O–H groups in total. The number of thioether (sulfide) groups is 1. The zero-order valence-electron chi connectivity index (χ0n) is 12.8. The van der Waals surface area contributed by atoms with E-state index in [1.54, 1.807) is 23.9 Å². The fourth-order valence-electron chi connectivity index (χ4n) is 2.82. The first-order chi connectivity index (χ1) is 10.2. The van der Waals surface area contributed by atoms with Gasteiger partial charge in [0.05, 0.1) is 0 Å². The van der Waals surface area contributed by atoms with Crippen molar-refractivity contribution in [2.75, 3.05) is 12.3 Å². The van der Waals surface area contributed by atoms with Crippen LogP contribution in [0.1, 0.15) is 50.5 Å². The molecule has 0 unspecified atom stereocenters. The molecule has 1 aliphatic heterocycles. The summed E-state index contributed by atoms with van der Waals surface area (Å²) in [5.41, 5.74) is 0.899. The number of hydrogen-bond acceptors (Lipinski definition) is 2. The molecule has 1 heterocycles. The van der Waals surface area contributed by atoms with Gasteiger partial charge >= 0.3 is 0 Å². The smallest absolute Gasteiger partial charge is 0.226 e. The lowest BCUT2D eigenvalue weighted by Crippen LogP contribution is -2.35. The normalized spacial score (nSPS) is 19.8. The van der Waals surface area contributed by atoms with Crippen molar-refractivity contribution < 1.29 is 9.18 Å². The molecule has 21 heavy (non-hydrogen) atoms. The lowest BCUT2D eigenvalue weighted by Gasteiger charge is -2.28. The standard InChI is InChI=1S/C17H24FNOS/c1-3-5-7-13(4-2)16(20)19-10-11-21-17(19)14-8-6-9-15(18)12-14/h6,8-9,12-13,17H,3-5,7,10-11H2,1-2H3/t13-,17-/m1/s1. The molecule has 2 nitrogen and oxygen atoms in total. The lowest BCUT2D eigenvalue weighted by molar-refractivity contribution is -0.136. The Kier molecular flexibility index (Phi) is 6.09. The van der Waals surface area contributed by atoms with Gasteiger partial charge in [0.25, 0.3) is 0 Å². The van der Waals surface area contributed by atoms with Crippen LogP contribution in [0.3, 0.4) is 0 Å². The third-order valence-corrected chi connectivity index (χ3v) is 5.32. The van der Waals surface area contributed by atoms with Gasteiger partial charge in [0.2, 0.25) is 5.91 Å². The molecule has 1 fully saturated rings. The van der Waals surface area contributed by atoms with Gasteiger partial charge in [-0.1, -0.05) is 38.8 Å². The SMILES string of the molecule is CCCC[C@@H](CC)C(=O)N1CCS[C@@H]1c1cccc(F)c1. The summed E-state index contributed by atoms with van der Waals surface area (Å²) in [5, 5.41) is -0.0242. The van der Waals surface area contributed by atoms with Gasteiger partial charge in [-0.05, 0) is 30.5 Å². The lowest BCUT2D eigenvalue weighted by atomic mass is 9.97. The Morgan fingerprint density at radius 1 is 1.48 bits per heavy atom. The molecule has 0 aliphatic carbocycles. The van der Waals surface area contributed by atoms with E-state index in [9.17, 15) is 9.18 Å². The predicted molar refractivity (Wildman–Crippen MR) is 86.6 cm³/mol. The number of halogens is 1. The molecule has 116 valence electrons. The second-order valence-electron chi connectivity index (χ2n) is 5.56. The van der Waals surface area contributed by atoms with E-state index in [4.69, 9.17) is 0 Å². The summed E-state index contributed by atoms with van der Waals surface area (Å²) in [7, 11) is 0. The quantitative estimate of drug-likeness (QED) is 0.764. The summed E-state index contributed by atoms with van der Waals surface area (Å²) in [6.45, 7) is 5.00. The Morgan fingerprint density at radius 2 is 2.29 bits per heavy atom. The van der Waals surface area contributed by atoms with Gasteiger partial charge in [-0.3, -0.25) is 4.79 Å². The van der Waals surface area contributed by atoms with Crippen molar-refractivity contribution in [2.24, 2.45) is 5.92 Å². The summed E-state index contributed by atoms with van der Waals surface area (Å²) < 4.78 is 13.4. The maximum Gasteiger partial charge on any atom is 0.226 e. The molecule has 0 bridgehead atoms. The highest BCUT2D eigenvalue weighted by molar-refractivity contribution is 7.99. The highest BCUT2D eigenvalue weighted by Crippen LogP contribution is 2.39. The summed E-state index contributed by atoms with van der Waals surface area (Å²) in [6, 6.07) is 6.64. The van der Waals surface area contributed by atoms with E-state index in [0.717, 1.165) is 43.5 Å². The van der Waals surface area contributed by atoms with E-state index in [-0.39, 0.29) is 23.0 Å². The number of nitrogens with zero attached hydrogens (tertiary/aromatic N) is 1. The van der Waals surface area contributed by atoms with Crippen LogP contribution in [0.25, 0.3) is 0 Å².